The van der Waals surface area contributed by atoms with Crippen LogP contribution in [0.25, 0.3) is 16.6 Å². The molecular weight excluding hydrogens is 422 g/mol. The summed E-state index contributed by atoms with van der Waals surface area (Å²) in [5, 5.41) is 3.72. The summed E-state index contributed by atoms with van der Waals surface area (Å²) in [6.45, 7) is 0. The predicted molar refractivity (Wildman–Crippen MR) is 121 cm³/mol. The van der Waals surface area contributed by atoms with Crippen molar-refractivity contribution < 1.29 is 9.53 Å². The zero-order chi connectivity index (χ0) is 21.3. The maximum Gasteiger partial charge on any atom is 0.266 e. The molecule has 150 valence electrons. The van der Waals surface area contributed by atoms with E-state index < -0.39 is 0 Å². The quantitative estimate of drug-likeness (QED) is 0.442. The topological polar surface area (TPSA) is 76.1 Å². The van der Waals surface area contributed by atoms with Crippen molar-refractivity contribution in [2.24, 2.45) is 0 Å². The maximum atomic E-state index is 13.0. The van der Waals surface area contributed by atoms with E-state index in [0.29, 0.717) is 38.6 Å². The molecule has 30 heavy (non-hydrogen) atoms. The summed E-state index contributed by atoms with van der Waals surface area (Å²) >= 11 is 11.4. The minimum absolute atomic E-state index is 0.227. The van der Waals surface area contributed by atoms with Gasteiger partial charge >= 0.3 is 0 Å². The van der Waals surface area contributed by atoms with Crippen molar-refractivity contribution in [3.8, 4) is 11.4 Å². The van der Waals surface area contributed by atoms with Gasteiger partial charge in [0.2, 0.25) is 0 Å². The fourth-order valence-electron chi connectivity index (χ4n) is 3.09. The van der Waals surface area contributed by atoms with Crippen LogP contribution in [0, 0.1) is 4.77 Å². The molecule has 0 aliphatic rings. The van der Waals surface area contributed by atoms with Gasteiger partial charge in [0.1, 0.15) is 5.75 Å². The molecule has 0 spiro atoms. The normalized spacial score (nSPS) is 10.7. The lowest BCUT2D eigenvalue weighted by atomic mass is 10.1. The van der Waals surface area contributed by atoms with Gasteiger partial charge in [-0.15, -0.1) is 0 Å². The van der Waals surface area contributed by atoms with Crippen LogP contribution in [0.4, 0.5) is 5.69 Å². The molecule has 2 N–H and O–H groups in total. The Kier molecular flexibility index (Phi) is 5.39. The van der Waals surface area contributed by atoms with E-state index in [-0.39, 0.29) is 16.2 Å². The molecule has 0 fully saturated rings. The number of benzene rings is 3. The summed E-state index contributed by atoms with van der Waals surface area (Å²) in [4.78, 5) is 28.7. The lowest BCUT2D eigenvalue weighted by Crippen LogP contribution is -2.21. The van der Waals surface area contributed by atoms with Crippen LogP contribution >= 0.6 is 23.8 Å². The highest BCUT2D eigenvalue weighted by atomic mass is 35.5. The number of amides is 1. The number of methoxy groups -OCH3 is 1. The van der Waals surface area contributed by atoms with Gasteiger partial charge in [0.05, 0.1) is 23.7 Å². The minimum atomic E-state index is -0.321. The molecule has 1 amide bonds. The minimum Gasteiger partial charge on any atom is -0.497 e. The van der Waals surface area contributed by atoms with Crippen molar-refractivity contribution in [1.82, 2.24) is 9.55 Å². The third-order valence-electron chi connectivity index (χ3n) is 4.57. The van der Waals surface area contributed by atoms with Crippen LogP contribution in [0.1, 0.15) is 10.4 Å². The number of carbonyl (C=O) groups is 1. The second-order valence-electron chi connectivity index (χ2n) is 6.49. The second-order valence-corrected chi connectivity index (χ2v) is 7.32. The Morgan fingerprint density at radius 1 is 1.10 bits per heavy atom. The number of nitrogens with zero attached hydrogens (tertiary/aromatic N) is 1. The third kappa shape index (κ3) is 3.85. The Morgan fingerprint density at radius 3 is 2.57 bits per heavy atom. The standard InChI is InChI=1S/C22H16ClN3O3S/c1-29-17-8-6-16(7-9-17)26-21(28)18-10-5-13(11-19(18)25-22(26)30)20(27)24-15-4-2-3-14(23)12-15/h2-12H,1H3,(H,24,27)(H,25,30). The van der Waals surface area contributed by atoms with Gasteiger partial charge < -0.3 is 15.0 Å². The van der Waals surface area contributed by atoms with Crippen molar-refractivity contribution in [2.45, 2.75) is 0 Å². The fourth-order valence-corrected chi connectivity index (χ4v) is 3.58. The van der Waals surface area contributed by atoms with Crippen LogP contribution in [0.15, 0.2) is 71.5 Å². The second kappa shape index (κ2) is 8.14. The summed E-state index contributed by atoms with van der Waals surface area (Å²) in [7, 11) is 1.57. The van der Waals surface area contributed by atoms with Gasteiger partial charge in [0, 0.05) is 16.3 Å². The zero-order valence-corrected chi connectivity index (χ0v) is 17.4. The van der Waals surface area contributed by atoms with Crippen LogP contribution in [-0.2, 0) is 0 Å². The van der Waals surface area contributed by atoms with Gasteiger partial charge in [-0.3, -0.25) is 14.2 Å². The van der Waals surface area contributed by atoms with Gasteiger partial charge in [0.15, 0.2) is 4.77 Å². The van der Waals surface area contributed by atoms with Crippen LogP contribution in [0.5, 0.6) is 5.75 Å². The van der Waals surface area contributed by atoms with E-state index in [9.17, 15) is 9.59 Å². The molecule has 1 aromatic heterocycles. The van der Waals surface area contributed by atoms with Gasteiger partial charge in [-0.1, -0.05) is 17.7 Å². The van der Waals surface area contributed by atoms with Gasteiger partial charge in [-0.2, -0.15) is 0 Å². The first-order valence-electron chi connectivity index (χ1n) is 8.97. The van der Waals surface area contributed by atoms with Gasteiger partial charge in [0.25, 0.3) is 11.5 Å². The number of rotatable bonds is 4. The van der Waals surface area contributed by atoms with Crippen LogP contribution in [0.2, 0.25) is 5.02 Å². The number of aromatic amines is 1. The molecule has 4 rings (SSSR count). The van der Waals surface area contributed by atoms with Crippen LogP contribution in [-0.4, -0.2) is 22.6 Å². The number of H-pyrrole nitrogens is 1. The number of ether oxygens (including phenoxy) is 1. The number of nitrogens with one attached hydrogen (secondary N) is 2. The molecule has 0 aliphatic carbocycles. The smallest absolute Gasteiger partial charge is 0.266 e. The number of fused-ring (bicyclic) bond motifs is 1. The van der Waals surface area contributed by atoms with E-state index in [1.807, 2.05) is 0 Å². The molecule has 0 atom stereocenters. The zero-order valence-electron chi connectivity index (χ0n) is 15.8. The van der Waals surface area contributed by atoms with Crippen molar-refractivity contribution >= 4 is 46.3 Å². The van der Waals surface area contributed by atoms with E-state index in [0.717, 1.165) is 0 Å². The van der Waals surface area contributed by atoms with Gasteiger partial charge in [-0.05, 0) is 72.9 Å². The van der Waals surface area contributed by atoms with E-state index in [2.05, 4.69) is 10.3 Å². The van der Waals surface area contributed by atoms with Crippen LogP contribution in [0.3, 0.4) is 0 Å². The first-order valence-corrected chi connectivity index (χ1v) is 9.75. The highest BCUT2D eigenvalue weighted by Gasteiger charge is 2.12. The Balaban J connectivity index is 1.73. The average Bonchev–Trinajstić information content (AvgIpc) is 2.74. The summed E-state index contributed by atoms with van der Waals surface area (Å²) in [6, 6.07) is 18.7. The van der Waals surface area contributed by atoms with E-state index in [4.69, 9.17) is 28.6 Å². The van der Waals surface area contributed by atoms with Crippen molar-refractivity contribution in [3.05, 3.63) is 92.4 Å². The molecular formula is C22H16ClN3O3S. The molecule has 0 saturated carbocycles. The lowest BCUT2D eigenvalue weighted by Gasteiger charge is -2.10. The molecule has 0 radical (unpaired) electrons. The molecule has 0 bridgehead atoms. The Labute approximate surface area is 181 Å². The van der Waals surface area contributed by atoms with Gasteiger partial charge in [-0.25, -0.2) is 0 Å². The molecule has 6 nitrogen and oxygen atoms in total. The van der Waals surface area contributed by atoms with E-state index in [1.54, 1.807) is 73.8 Å². The number of halogens is 1. The molecule has 1 heterocycles. The fraction of sp³-hybridized carbons (Fsp3) is 0.0455. The molecule has 3 aromatic carbocycles. The number of hydrogen-bond donors (Lipinski definition) is 2. The highest BCUT2D eigenvalue weighted by Crippen LogP contribution is 2.19. The monoisotopic (exact) mass is 437 g/mol. The predicted octanol–water partition coefficient (Wildman–Crippen LogP) is 4.96. The summed E-state index contributed by atoms with van der Waals surface area (Å²) < 4.78 is 6.79. The number of aromatic nitrogens is 2. The molecule has 0 unspecified atom stereocenters. The number of carbonyl (C=O) groups excluding carboxylic acids is 1. The van der Waals surface area contributed by atoms with Crippen molar-refractivity contribution in [3.63, 3.8) is 0 Å². The number of anilines is 1. The van der Waals surface area contributed by atoms with E-state index >= 15 is 0 Å². The van der Waals surface area contributed by atoms with Crippen molar-refractivity contribution in [1.29, 1.82) is 0 Å². The van der Waals surface area contributed by atoms with E-state index in [1.165, 1.54) is 4.57 Å². The lowest BCUT2D eigenvalue weighted by molar-refractivity contribution is 0.102. The SMILES string of the molecule is COc1ccc(-n2c(=S)[nH]c3cc(C(=O)Nc4cccc(Cl)c4)ccc3c2=O)cc1. The molecule has 0 aliphatic heterocycles. The summed E-state index contributed by atoms with van der Waals surface area (Å²) in [6.07, 6.45) is 0. The molecule has 8 heteroatoms. The highest BCUT2D eigenvalue weighted by molar-refractivity contribution is 7.71. The molecule has 4 aromatic rings. The maximum absolute atomic E-state index is 13.0. The third-order valence-corrected chi connectivity index (χ3v) is 5.09. The Hall–Kier alpha value is -3.42. The average molecular weight is 438 g/mol. The summed E-state index contributed by atoms with van der Waals surface area (Å²) in [5.41, 5.74) is 1.78. The summed E-state index contributed by atoms with van der Waals surface area (Å²) in [5.74, 6) is 0.357. The Morgan fingerprint density at radius 2 is 1.87 bits per heavy atom. The number of hydrogen-bond acceptors (Lipinski definition) is 4. The first kappa shape index (κ1) is 19.9. The van der Waals surface area contributed by atoms with Crippen LogP contribution < -0.4 is 15.6 Å². The Bertz CT molecular complexity index is 1380. The molecule has 0 saturated heterocycles. The first-order chi connectivity index (χ1) is 14.5. The van der Waals surface area contributed by atoms with Crippen molar-refractivity contribution in [2.75, 3.05) is 12.4 Å². The largest absolute Gasteiger partial charge is 0.497 e.